The lowest BCUT2D eigenvalue weighted by molar-refractivity contribution is 0.590. The molecule has 0 spiro atoms. The van der Waals surface area contributed by atoms with Crippen molar-refractivity contribution in [2.75, 3.05) is 4.31 Å². The molecule has 0 bridgehead atoms. The molecule has 3 aromatic carbocycles. The van der Waals surface area contributed by atoms with Gasteiger partial charge in [-0.15, -0.1) is 0 Å². The van der Waals surface area contributed by atoms with Gasteiger partial charge in [-0.2, -0.15) is 0 Å². The number of hydrogen-bond acceptors (Lipinski definition) is 2. The van der Waals surface area contributed by atoms with Crippen LogP contribution in [0.4, 0.5) is 5.69 Å². The highest BCUT2D eigenvalue weighted by Gasteiger charge is 2.26. The minimum atomic E-state index is -3.79. The van der Waals surface area contributed by atoms with Gasteiger partial charge in [-0.3, -0.25) is 4.31 Å². The third-order valence-electron chi connectivity index (χ3n) is 3.98. The molecule has 6 heteroatoms. The van der Waals surface area contributed by atoms with Crippen LogP contribution in [0.3, 0.4) is 0 Å². The van der Waals surface area contributed by atoms with E-state index in [0.717, 1.165) is 5.56 Å². The second-order valence-electron chi connectivity index (χ2n) is 5.86. The summed E-state index contributed by atoms with van der Waals surface area (Å²) in [6.07, 6.45) is 0. The van der Waals surface area contributed by atoms with Crippen LogP contribution in [0.1, 0.15) is 11.1 Å². The van der Waals surface area contributed by atoms with Gasteiger partial charge in [0.1, 0.15) is 0 Å². The number of sulfonamides is 1. The fourth-order valence-electron chi connectivity index (χ4n) is 2.64. The molecule has 0 aliphatic heterocycles. The lowest BCUT2D eigenvalue weighted by Crippen LogP contribution is -2.30. The van der Waals surface area contributed by atoms with Crippen LogP contribution in [0.2, 0.25) is 10.0 Å². The molecule has 3 nitrogen and oxygen atoms in total. The Morgan fingerprint density at radius 1 is 0.846 bits per heavy atom. The van der Waals surface area contributed by atoms with Crippen molar-refractivity contribution in [3.8, 4) is 0 Å². The second-order valence-corrected chi connectivity index (χ2v) is 8.54. The average Bonchev–Trinajstić information content (AvgIpc) is 2.62. The number of benzene rings is 3. The Morgan fingerprint density at radius 2 is 1.46 bits per heavy atom. The minimum Gasteiger partial charge on any atom is -0.262 e. The van der Waals surface area contributed by atoms with Crippen molar-refractivity contribution in [3.05, 3.63) is 94.0 Å². The van der Waals surface area contributed by atoms with Crippen LogP contribution in [-0.2, 0) is 16.6 Å². The van der Waals surface area contributed by atoms with Gasteiger partial charge < -0.3 is 0 Å². The average molecular weight is 406 g/mol. The Labute approximate surface area is 163 Å². The van der Waals surface area contributed by atoms with Crippen LogP contribution in [0.25, 0.3) is 0 Å². The lowest BCUT2D eigenvalue weighted by Gasteiger charge is -2.26. The maximum absolute atomic E-state index is 13.3. The first-order chi connectivity index (χ1) is 12.4. The zero-order valence-corrected chi connectivity index (χ0v) is 16.4. The first-order valence-corrected chi connectivity index (χ1v) is 10.2. The number of halogens is 2. The smallest absolute Gasteiger partial charge is 0.262 e. The summed E-state index contributed by atoms with van der Waals surface area (Å²) in [7, 11) is -3.79. The van der Waals surface area contributed by atoms with Gasteiger partial charge in [-0.1, -0.05) is 59.6 Å². The molecule has 134 valence electrons. The van der Waals surface area contributed by atoms with Gasteiger partial charge in [0.25, 0.3) is 10.0 Å². The maximum atomic E-state index is 13.3. The Morgan fingerprint density at radius 3 is 2.08 bits per heavy atom. The van der Waals surface area contributed by atoms with Crippen molar-refractivity contribution in [2.45, 2.75) is 18.4 Å². The number of hydrogen-bond donors (Lipinski definition) is 0. The second kappa shape index (κ2) is 7.70. The molecule has 0 amide bonds. The third kappa shape index (κ3) is 3.88. The van der Waals surface area contributed by atoms with Crippen molar-refractivity contribution in [3.63, 3.8) is 0 Å². The highest BCUT2D eigenvalue weighted by Crippen LogP contribution is 2.31. The molecule has 0 N–H and O–H groups in total. The topological polar surface area (TPSA) is 37.4 Å². The lowest BCUT2D eigenvalue weighted by atomic mass is 10.2. The predicted octanol–water partition coefficient (Wildman–Crippen LogP) is 5.70. The Bertz CT molecular complexity index is 1000. The SMILES string of the molecule is Cc1cccc(N(Cc2c(Cl)cccc2Cl)S(=O)(=O)c2ccccc2)c1. The Kier molecular flexibility index (Phi) is 5.56. The zero-order valence-electron chi connectivity index (χ0n) is 14.1. The van der Waals surface area contributed by atoms with Gasteiger partial charge in [-0.05, 0) is 48.9 Å². The molecule has 0 saturated carbocycles. The molecule has 0 unspecified atom stereocenters. The van der Waals surface area contributed by atoms with Gasteiger partial charge in [0, 0.05) is 15.6 Å². The van der Waals surface area contributed by atoms with Gasteiger partial charge >= 0.3 is 0 Å². The molecule has 0 aliphatic carbocycles. The summed E-state index contributed by atoms with van der Waals surface area (Å²) in [6, 6.07) is 20.8. The first-order valence-electron chi connectivity index (χ1n) is 7.97. The molecule has 3 aromatic rings. The molecule has 26 heavy (non-hydrogen) atoms. The van der Waals surface area contributed by atoms with E-state index in [0.29, 0.717) is 21.3 Å². The molecule has 0 aromatic heterocycles. The van der Waals surface area contributed by atoms with Crippen LogP contribution in [-0.4, -0.2) is 8.42 Å². The Hall–Kier alpha value is -2.01. The van der Waals surface area contributed by atoms with E-state index in [9.17, 15) is 8.42 Å². The molecule has 0 atom stereocenters. The monoisotopic (exact) mass is 405 g/mol. The molecule has 0 aliphatic rings. The molecule has 3 rings (SSSR count). The molecule has 0 heterocycles. The molecule has 0 saturated heterocycles. The minimum absolute atomic E-state index is 0.0409. The summed E-state index contributed by atoms with van der Waals surface area (Å²) in [5.41, 5.74) is 2.09. The quantitative estimate of drug-likeness (QED) is 0.545. The summed E-state index contributed by atoms with van der Waals surface area (Å²) in [5, 5.41) is 0.858. The molecular weight excluding hydrogens is 389 g/mol. The summed E-state index contributed by atoms with van der Waals surface area (Å²) in [4.78, 5) is 0.213. The first kappa shape index (κ1) is 18.8. The van der Waals surface area contributed by atoms with Crippen molar-refractivity contribution in [2.24, 2.45) is 0 Å². The summed E-state index contributed by atoms with van der Waals surface area (Å²) in [6.45, 7) is 1.96. The zero-order chi connectivity index (χ0) is 18.7. The van der Waals surface area contributed by atoms with Crippen molar-refractivity contribution >= 4 is 38.9 Å². The molecule has 0 fully saturated rings. The summed E-state index contributed by atoms with van der Waals surface area (Å²) < 4.78 is 28.0. The van der Waals surface area contributed by atoms with Gasteiger partial charge in [0.05, 0.1) is 17.1 Å². The molecule has 0 radical (unpaired) electrons. The summed E-state index contributed by atoms with van der Waals surface area (Å²) in [5.74, 6) is 0. The highest BCUT2D eigenvalue weighted by molar-refractivity contribution is 7.92. The number of aryl methyl sites for hydroxylation is 1. The van der Waals surface area contributed by atoms with E-state index < -0.39 is 10.0 Å². The van der Waals surface area contributed by atoms with Crippen LogP contribution >= 0.6 is 23.2 Å². The van der Waals surface area contributed by atoms with Crippen LogP contribution in [0.5, 0.6) is 0 Å². The van der Waals surface area contributed by atoms with E-state index in [1.54, 1.807) is 54.6 Å². The van der Waals surface area contributed by atoms with E-state index in [-0.39, 0.29) is 11.4 Å². The van der Waals surface area contributed by atoms with Crippen molar-refractivity contribution in [1.82, 2.24) is 0 Å². The standard InChI is InChI=1S/C20H17Cl2NO2S/c1-15-7-5-8-16(13-15)23(14-18-19(21)11-6-12-20(18)22)26(24,25)17-9-3-2-4-10-17/h2-13H,14H2,1H3. The fourth-order valence-corrected chi connectivity index (χ4v) is 4.61. The number of rotatable bonds is 5. The van der Waals surface area contributed by atoms with Gasteiger partial charge in [0.15, 0.2) is 0 Å². The normalized spacial score (nSPS) is 11.3. The van der Waals surface area contributed by atoms with Crippen molar-refractivity contribution in [1.29, 1.82) is 0 Å². The maximum Gasteiger partial charge on any atom is 0.264 e. The van der Waals surface area contributed by atoms with Crippen molar-refractivity contribution < 1.29 is 8.42 Å². The van der Waals surface area contributed by atoms with E-state index in [2.05, 4.69) is 0 Å². The van der Waals surface area contributed by atoms with Crippen LogP contribution in [0.15, 0.2) is 77.7 Å². The van der Waals surface area contributed by atoms with Crippen LogP contribution in [0, 0.1) is 6.92 Å². The largest absolute Gasteiger partial charge is 0.264 e. The molecular formula is C20H17Cl2NO2S. The van der Waals surface area contributed by atoms with Gasteiger partial charge in [-0.25, -0.2) is 8.42 Å². The number of anilines is 1. The Balaban J connectivity index is 2.14. The fraction of sp³-hybridized carbons (Fsp3) is 0.100. The number of nitrogens with zero attached hydrogens (tertiary/aromatic N) is 1. The predicted molar refractivity (Wildman–Crippen MR) is 107 cm³/mol. The van der Waals surface area contributed by atoms with E-state index in [1.807, 2.05) is 25.1 Å². The van der Waals surface area contributed by atoms with E-state index in [1.165, 1.54) is 4.31 Å². The van der Waals surface area contributed by atoms with E-state index >= 15 is 0 Å². The van der Waals surface area contributed by atoms with Gasteiger partial charge in [0.2, 0.25) is 0 Å². The summed E-state index contributed by atoms with van der Waals surface area (Å²) >= 11 is 12.6. The highest BCUT2D eigenvalue weighted by atomic mass is 35.5. The van der Waals surface area contributed by atoms with E-state index in [4.69, 9.17) is 23.2 Å². The van der Waals surface area contributed by atoms with Crippen LogP contribution < -0.4 is 4.31 Å². The third-order valence-corrected chi connectivity index (χ3v) is 6.48.